The van der Waals surface area contributed by atoms with Crippen molar-refractivity contribution in [2.75, 3.05) is 6.61 Å². The van der Waals surface area contributed by atoms with Gasteiger partial charge in [0, 0.05) is 0 Å². The molecule has 0 unspecified atom stereocenters. The lowest BCUT2D eigenvalue weighted by atomic mass is 10.0. The molecule has 0 heterocycles. The highest BCUT2D eigenvalue weighted by Crippen LogP contribution is 2.25. The largest absolute Gasteiger partial charge is 0.483 e. The van der Waals surface area contributed by atoms with Gasteiger partial charge in [-0.3, -0.25) is 20.4 Å². The zero-order chi connectivity index (χ0) is 19.8. The minimum Gasteiger partial charge on any atom is -0.483 e. The van der Waals surface area contributed by atoms with Crippen LogP contribution in [-0.2, 0) is 9.59 Å². The Kier molecular flexibility index (Phi) is 7.23. The topological polar surface area (TPSA) is 76.7 Å². The normalized spacial score (nSPS) is 11.6. The second-order valence-electron chi connectivity index (χ2n) is 6.59. The maximum Gasteiger partial charge on any atom is 0.279 e. The molecule has 144 valence electrons. The molecular formula is C21H26N2O4. The van der Waals surface area contributed by atoms with Gasteiger partial charge in [-0.2, -0.15) is 0 Å². The van der Waals surface area contributed by atoms with Gasteiger partial charge in [0.1, 0.15) is 11.5 Å². The van der Waals surface area contributed by atoms with Gasteiger partial charge < -0.3 is 9.47 Å². The van der Waals surface area contributed by atoms with Crippen molar-refractivity contribution in [2.45, 2.75) is 39.7 Å². The first-order valence-corrected chi connectivity index (χ1v) is 8.90. The van der Waals surface area contributed by atoms with E-state index < -0.39 is 17.9 Å². The molecular weight excluding hydrogens is 344 g/mol. The van der Waals surface area contributed by atoms with E-state index in [-0.39, 0.29) is 12.5 Å². The Bertz CT molecular complexity index is 772. The van der Waals surface area contributed by atoms with E-state index in [4.69, 9.17) is 9.47 Å². The lowest BCUT2D eigenvalue weighted by Gasteiger charge is -2.16. The van der Waals surface area contributed by atoms with Crippen molar-refractivity contribution in [2.24, 2.45) is 0 Å². The third kappa shape index (κ3) is 6.33. The third-order valence-corrected chi connectivity index (χ3v) is 3.93. The lowest BCUT2D eigenvalue weighted by Crippen LogP contribution is -2.48. The number of ether oxygens (including phenoxy) is 2. The molecule has 0 saturated carbocycles. The van der Waals surface area contributed by atoms with Gasteiger partial charge in [0.25, 0.3) is 11.8 Å². The molecule has 0 aliphatic carbocycles. The van der Waals surface area contributed by atoms with E-state index >= 15 is 0 Å². The molecule has 2 aromatic rings. The molecule has 27 heavy (non-hydrogen) atoms. The number of benzene rings is 2. The number of hydrogen-bond donors (Lipinski definition) is 2. The Hall–Kier alpha value is -3.02. The Balaban J connectivity index is 1.77. The maximum atomic E-state index is 12.0. The Morgan fingerprint density at radius 3 is 2.30 bits per heavy atom. The number of aryl methyl sites for hydroxylation is 1. The van der Waals surface area contributed by atoms with E-state index in [0.717, 1.165) is 11.1 Å². The Labute approximate surface area is 159 Å². The van der Waals surface area contributed by atoms with Gasteiger partial charge in [-0.25, -0.2) is 0 Å². The number of amides is 2. The summed E-state index contributed by atoms with van der Waals surface area (Å²) in [4.78, 5) is 24.0. The average Bonchev–Trinajstić information content (AvgIpc) is 2.66. The zero-order valence-electron chi connectivity index (χ0n) is 16.1. The van der Waals surface area contributed by atoms with Crippen LogP contribution in [0, 0.1) is 6.92 Å². The van der Waals surface area contributed by atoms with Crippen molar-refractivity contribution in [1.29, 1.82) is 0 Å². The van der Waals surface area contributed by atoms with Crippen LogP contribution in [0.4, 0.5) is 0 Å². The smallest absolute Gasteiger partial charge is 0.279 e. The molecule has 0 aromatic heterocycles. The molecule has 2 N–H and O–H groups in total. The SMILES string of the molecule is Cc1ccc(O[C@@H](C)C(=O)NNC(=O)COc2ccccc2C(C)C)cc1. The van der Waals surface area contributed by atoms with Crippen LogP contribution in [-0.4, -0.2) is 24.5 Å². The highest BCUT2D eigenvalue weighted by atomic mass is 16.5. The minimum atomic E-state index is -0.754. The van der Waals surface area contributed by atoms with Crippen LogP contribution in [0.15, 0.2) is 48.5 Å². The van der Waals surface area contributed by atoms with E-state index in [1.165, 1.54) is 0 Å². The number of hydrogen-bond acceptors (Lipinski definition) is 4. The molecule has 0 radical (unpaired) electrons. The summed E-state index contributed by atoms with van der Waals surface area (Å²) in [5, 5.41) is 0. The molecule has 2 aromatic carbocycles. The molecule has 0 aliphatic heterocycles. The summed E-state index contributed by atoms with van der Waals surface area (Å²) in [6.45, 7) is 7.49. The van der Waals surface area contributed by atoms with Crippen LogP contribution in [0.5, 0.6) is 11.5 Å². The van der Waals surface area contributed by atoms with Crippen LogP contribution in [0.25, 0.3) is 0 Å². The van der Waals surface area contributed by atoms with Crippen LogP contribution in [0.1, 0.15) is 37.8 Å². The molecule has 0 fully saturated rings. The van der Waals surface area contributed by atoms with E-state index in [1.54, 1.807) is 19.1 Å². The molecule has 0 aliphatic rings. The molecule has 0 spiro atoms. The molecule has 0 bridgehead atoms. The number of hydrazine groups is 1. The van der Waals surface area contributed by atoms with Crippen molar-refractivity contribution in [3.63, 3.8) is 0 Å². The van der Waals surface area contributed by atoms with Crippen LogP contribution in [0.2, 0.25) is 0 Å². The van der Waals surface area contributed by atoms with E-state index in [2.05, 4.69) is 24.7 Å². The number of carbonyl (C=O) groups is 2. The second-order valence-corrected chi connectivity index (χ2v) is 6.59. The predicted octanol–water partition coefficient (Wildman–Crippen LogP) is 3.11. The molecule has 6 nitrogen and oxygen atoms in total. The standard InChI is InChI=1S/C21H26N2O4/c1-14(2)18-7-5-6-8-19(18)26-13-20(24)22-23-21(25)16(4)27-17-11-9-15(3)10-12-17/h5-12,14,16H,13H2,1-4H3,(H,22,24)(H,23,25)/t16-/m0/s1. The van der Waals surface area contributed by atoms with Gasteiger partial charge in [-0.15, -0.1) is 0 Å². The fourth-order valence-corrected chi connectivity index (χ4v) is 2.38. The first-order chi connectivity index (χ1) is 12.9. The number of para-hydroxylation sites is 1. The second kappa shape index (κ2) is 9.62. The van der Waals surface area contributed by atoms with Crippen LogP contribution < -0.4 is 20.3 Å². The average molecular weight is 370 g/mol. The maximum absolute atomic E-state index is 12.0. The van der Waals surface area contributed by atoms with Crippen molar-refractivity contribution in [3.8, 4) is 11.5 Å². The van der Waals surface area contributed by atoms with E-state index in [9.17, 15) is 9.59 Å². The molecule has 0 saturated heterocycles. The van der Waals surface area contributed by atoms with E-state index in [0.29, 0.717) is 11.5 Å². The van der Waals surface area contributed by atoms with Gasteiger partial charge in [-0.05, 0) is 43.5 Å². The fourth-order valence-electron chi connectivity index (χ4n) is 2.38. The highest BCUT2D eigenvalue weighted by molar-refractivity contribution is 5.85. The molecule has 1 atom stereocenters. The summed E-state index contributed by atoms with van der Waals surface area (Å²) < 4.78 is 11.1. The quantitative estimate of drug-likeness (QED) is 0.734. The molecule has 6 heteroatoms. The summed E-state index contributed by atoms with van der Waals surface area (Å²) in [5.74, 6) is 0.618. The first-order valence-electron chi connectivity index (χ1n) is 8.90. The summed E-state index contributed by atoms with van der Waals surface area (Å²) in [5.41, 5.74) is 6.80. The first kappa shape index (κ1) is 20.3. The minimum absolute atomic E-state index is 0.197. The van der Waals surface area contributed by atoms with Crippen molar-refractivity contribution in [3.05, 3.63) is 59.7 Å². The fraction of sp³-hybridized carbons (Fsp3) is 0.333. The van der Waals surface area contributed by atoms with Gasteiger partial charge in [-0.1, -0.05) is 49.7 Å². The number of carbonyl (C=O) groups excluding carboxylic acids is 2. The molecule has 2 rings (SSSR count). The van der Waals surface area contributed by atoms with Gasteiger partial charge in [0.2, 0.25) is 0 Å². The third-order valence-electron chi connectivity index (χ3n) is 3.93. The van der Waals surface area contributed by atoms with Crippen LogP contribution in [0.3, 0.4) is 0 Å². The summed E-state index contributed by atoms with van der Waals surface area (Å²) >= 11 is 0. The Morgan fingerprint density at radius 2 is 1.63 bits per heavy atom. The summed E-state index contributed by atoms with van der Waals surface area (Å²) in [7, 11) is 0. The monoisotopic (exact) mass is 370 g/mol. The highest BCUT2D eigenvalue weighted by Gasteiger charge is 2.16. The van der Waals surface area contributed by atoms with Gasteiger partial charge in [0.15, 0.2) is 12.7 Å². The Morgan fingerprint density at radius 1 is 0.963 bits per heavy atom. The van der Waals surface area contributed by atoms with Crippen molar-refractivity contribution in [1.82, 2.24) is 10.9 Å². The predicted molar refractivity (Wildman–Crippen MR) is 104 cm³/mol. The van der Waals surface area contributed by atoms with Crippen LogP contribution >= 0.6 is 0 Å². The van der Waals surface area contributed by atoms with Crippen molar-refractivity contribution >= 4 is 11.8 Å². The van der Waals surface area contributed by atoms with Gasteiger partial charge >= 0.3 is 0 Å². The summed E-state index contributed by atoms with van der Waals surface area (Å²) in [6.07, 6.45) is -0.754. The molecule has 2 amide bonds. The van der Waals surface area contributed by atoms with Gasteiger partial charge in [0.05, 0.1) is 0 Å². The number of rotatable bonds is 7. The zero-order valence-corrected chi connectivity index (χ0v) is 16.1. The van der Waals surface area contributed by atoms with Crippen molar-refractivity contribution < 1.29 is 19.1 Å². The summed E-state index contributed by atoms with van der Waals surface area (Å²) in [6, 6.07) is 14.9. The number of nitrogens with one attached hydrogen (secondary N) is 2. The lowest BCUT2D eigenvalue weighted by molar-refractivity contribution is -0.133. The van der Waals surface area contributed by atoms with E-state index in [1.807, 2.05) is 43.3 Å².